The minimum Gasteiger partial charge on any atom is -0.364 e. The number of hydrogen-bond donors (Lipinski definition) is 1. The first-order valence-electron chi connectivity index (χ1n) is 9.98. The van der Waals surface area contributed by atoms with Crippen LogP contribution in [0.25, 0.3) is 0 Å². The van der Waals surface area contributed by atoms with Gasteiger partial charge >= 0.3 is 0 Å². The Morgan fingerprint density at radius 3 is 2.52 bits per heavy atom. The zero-order valence-corrected chi connectivity index (χ0v) is 15.4. The molecule has 1 saturated heterocycles. The molecule has 1 N–H and O–H groups in total. The van der Waals surface area contributed by atoms with Crippen molar-refractivity contribution in [2.75, 3.05) is 39.3 Å². The van der Waals surface area contributed by atoms with Gasteiger partial charge in [-0.15, -0.1) is 0 Å². The van der Waals surface area contributed by atoms with Gasteiger partial charge in [-0.3, -0.25) is 9.89 Å². The van der Waals surface area contributed by atoms with Gasteiger partial charge in [-0.05, 0) is 50.4 Å². The molecule has 6 nitrogen and oxygen atoms in total. The first-order chi connectivity index (χ1) is 12.3. The molecule has 0 spiro atoms. The molecule has 6 heteroatoms. The van der Waals surface area contributed by atoms with Gasteiger partial charge in [-0.2, -0.15) is 0 Å². The summed E-state index contributed by atoms with van der Waals surface area (Å²) < 4.78 is 4.93. The van der Waals surface area contributed by atoms with Crippen molar-refractivity contribution in [1.82, 2.24) is 20.3 Å². The van der Waals surface area contributed by atoms with Gasteiger partial charge < -0.3 is 14.7 Å². The smallest absolute Gasteiger partial charge is 0.194 e. The molecule has 0 atom stereocenters. The summed E-state index contributed by atoms with van der Waals surface area (Å²) in [6.45, 7) is 9.16. The molecule has 0 bridgehead atoms. The van der Waals surface area contributed by atoms with Gasteiger partial charge in [0.05, 0.1) is 5.69 Å². The zero-order chi connectivity index (χ0) is 17.1. The molecule has 3 fully saturated rings. The zero-order valence-electron chi connectivity index (χ0n) is 15.4. The fraction of sp³-hybridized carbons (Fsp3) is 0.789. The average molecular weight is 345 g/mol. The number of nitrogens with zero attached hydrogens (tertiary/aromatic N) is 4. The lowest BCUT2D eigenvalue weighted by Crippen LogP contribution is -2.52. The lowest BCUT2D eigenvalue weighted by molar-refractivity contribution is 0.169. The fourth-order valence-electron chi connectivity index (χ4n) is 4.02. The quantitative estimate of drug-likeness (QED) is 0.606. The number of hydrogen-bond acceptors (Lipinski definition) is 4. The maximum absolute atomic E-state index is 5.05. The van der Waals surface area contributed by atoms with Crippen molar-refractivity contribution in [3.05, 3.63) is 18.0 Å². The maximum atomic E-state index is 5.05. The van der Waals surface area contributed by atoms with E-state index in [-0.39, 0.29) is 0 Å². The van der Waals surface area contributed by atoms with E-state index in [1.165, 1.54) is 25.7 Å². The Kier molecular flexibility index (Phi) is 5.25. The van der Waals surface area contributed by atoms with Crippen LogP contribution in [0.4, 0.5) is 0 Å². The van der Waals surface area contributed by atoms with Crippen molar-refractivity contribution in [3.8, 4) is 0 Å². The third kappa shape index (κ3) is 4.54. The predicted octanol–water partition coefficient (Wildman–Crippen LogP) is 2.19. The number of rotatable bonds is 7. The first-order valence-corrected chi connectivity index (χ1v) is 9.98. The highest BCUT2D eigenvalue weighted by Gasteiger charge is 2.41. The van der Waals surface area contributed by atoms with E-state index in [0.29, 0.717) is 0 Å². The Labute approximate surface area is 150 Å². The van der Waals surface area contributed by atoms with Gasteiger partial charge in [-0.25, -0.2) is 0 Å². The molecule has 0 amide bonds. The molecule has 2 heterocycles. The fourth-order valence-corrected chi connectivity index (χ4v) is 4.02. The van der Waals surface area contributed by atoms with Crippen LogP contribution < -0.4 is 5.32 Å². The summed E-state index contributed by atoms with van der Waals surface area (Å²) in [5.41, 5.74) is 1.02. The van der Waals surface area contributed by atoms with Crippen LogP contribution in [0.1, 0.15) is 38.3 Å². The molecule has 1 aromatic rings. The lowest BCUT2D eigenvalue weighted by atomic mass is 9.98. The van der Waals surface area contributed by atoms with Crippen molar-refractivity contribution >= 4 is 5.96 Å². The largest absolute Gasteiger partial charge is 0.364 e. The maximum Gasteiger partial charge on any atom is 0.194 e. The van der Waals surface area contributed by atoms with E-state index in [0.717, 1.165) is 75.2 Å². The number of aromatic nitrogens is 1. The van der Waals surface area contributed by atoms with Crippen molar-refractivity contribution in [2.45, 2.75) is 39.2 Å². The van der Waals surface area contributed by atoms with Crippen LogP contribution in [0, 0.1) is 17.8 Å². The Balaban J connectivity index is 1.30. The third-order valence-electron chi connectivity index (χ3n) is 5.79. The van der Waals surface area contributed by atoms with Crippen LogP contribution in [0.5, 0.6) is 0 Å². The summed E-state index contributed by atoms with van der Waals surface area (Å²) in [7, 11) is 0. The van der Waals surface area contributed by atoms with Crippen molar-refractivity contribution in [3.63, 3.8) is 0 Å². The second-order valence-electron chi connectivity index (χ2n) is 7.79. The highest BCUT2D eigenvalue weighted by atomic mass is 16.5. The van der Waals surface area contributed by atoms with E-state index in [9.17, 15) is 0 Å². The SMILES string of the molecule is CCNC(=NCC(C1CC1)C1CC1)N1CCN(Cc2ccon2)CC1. The third-order valence-corrected chi connectivity index (χ3v) is 5.79. The van der Waals surface area contributed by atoms with Crippen LogP contribution in [-0.4, -0.2) is 60.2 Å². The van der Waals surface area contributed by atoms with Gasteiger partial charge in [0, 0.05) is 51.9 Å². The molecule has 2 saturated carbocycles. The summed E-state index contributed by atoms with van der Waals surface area (Å²) in [5, 5.41) is 7.54. The normalized spacial score (nSPS) is 22.6. The van der Waals surface area contributed by atoms with E-state index in [4.69, 9.17) is 9.52 Å². The topological polar surface area (TPSA) is 56.9 Å². The molecule has 4 rings (SSSR count). The molecular formula is C19H31N5O. The molecule has 25 heavy (non-hydrogen) atoms. The molecule has 138 valence electrons. The number of piperazine rings is 1. The molecule has 0 unspecified atom stereocenters. The minimum absolute atomic E-state index is 0.849. The van der Waals surface area contributed by atoms with Gasteiger partial charge in [0.1, 0.15) is 6.26 Å². The van der Waals surface area contributed by atoms with E-state index >= 15 is 0 Å². The lowest BCUT2D eigenvalue weighted by Gasteiger charge is -2.36. The molecule has 0 radical (unpaired) electrons. The van der Waals surface area contributed by atoms with Crippen LogP contribution >= 0.6 is 0 Å². The second-order valence-corrected chi connectivity index (χ2v) is 7.79. The summed E-state index contributed by atoms with van der Waals surface area (Å²) in [6, 6.07) is 1.95. The van der Waals surface area contributed by atoms with Crippen molar-refractivity contribution in [2.24, 2.45) is 22.7 Å². The van der Waals surface area contributed by atoms with Crippen molar-refractivity contribution in [1.29, 1.82) is 0 Å². The van der Waals surface area contributed by atoms with Crippen LogP contribution in [0.3, 0.4) is 0 Å². The monoisotopic (exact) mass is 345 g/mol. The summed E-state index contributed by atoms with van der Waals surface area (Å²) in [4.78, 5) is 9.92. The summed E-state index contributed by atoms with van der Waals surface area (Å²) in [5.74, 6) is 3.91. The van der Waals surface area contributed by atoms with Gasteiger partial charge in [0.2, 0.25) is 0 Å². The van der Waals surface area contributed by atoms with Gasteiger partial charge in [0.25, 0.3) is 0 Å². The number of nitrogens with one attached hydrogen (secondary N) is 1. The van der Waals surface area contributed by atoms with E-state index in [1.54, 1.807) is 6.26 Å². The Morgan fingerprint density at radius 2 is 1.96 bits per heavy atom. The predicted molar refractivity (Wildman–Crippen MR) is 98.3 cm³/mol. The van der Waals surface area contributed by atoms with Gasteiger partial charge in [-0.1, -0.05) is 5.16 Å². The molecular weight excluding hydrogens is 314 g/mol. The average Bonchev–Trinajstić information content (AvgIpc) is 3.56. The highest BCUT2D eigenvalue weighted by Crippen LogP contribution is 2.49. The summed E-state index contributed by atoms with van der Waals surface area (Å²) >= 11 is 0. The minimum atomic E-state index is 0.849. The van der Waals surface area contributed by atoms with E-state index < -0.39 is 0 Å². The van der Waals surface area contributed by atoms with E-state index in [1.807, 2.05) is 6.07 Å². The van der Waals surface area contributed by atoms with Crippen LogP contribution in [0.15, 0.2) is 21.8 Å². The second kappa shape index (κ2) is 7.77. The molecule has 0 aromatic carbocycles. The van der Waals surface area contributed by atoms with Crippen molar-refractivity contribution < 1.29 is 4.52 Å². The van der Waals surface area contributed by atoms with Crippen LogP contribution in [0.2, 0.25) is 0 Å². The molecule has 1 aromatic heterocycles. The first kappa shape index (κ1) is 16.9. The highest BCUT2D eigenvalue weighted by molar-refractivity contribution is 5.80. The molecule has 3 aliphatic rings. The molecule has 1 aliphatic heterocycles. The van der Waals surface area contributed by atoms with E-state index in [2.05, 4.69) is 27.2 Å². The Bertz CT molecular complexity index is 544. The summed E-state index contributed by atoms with van der Waals surface area (Å²) in [6.07, 6.45) is 7.40. The van der Waals surface area contributed by atoms with Gasteiger partial charge in [0.15, 0.2) is 5.96 Å². The standard InChI is InChI=1S/C19H31N5O/c1-2-20-19(21-13-18(15-3-4-15)16-5-6-16)24-10-8-23(9-11-24)14-17-7-12-25-22-17/h7,12,15-16,18H,2-6,8-11,13-14H2,1H3,(H,20,21). The molecule has 2 aliphatic carbocycles. The Morgan fingerprint density at radius 1 is 1.24 bits per heavy atom. The Hall–Kier alpha value is -1.56. The number of guanidine groups is 1. The number of aliphatic imine (C=N–C) groups is 1. The van der Waals surface area contributed by atoms with Crippen LogP contribution in [-0.2, 0) is 6.54 Å².